The molecule has 5 nitrogen and oxygen atoms in total. The van der Waals surface area contributed by atoms with E-state index in [0.717, 1.165) is 41.7 Å². The molecule has 1 aromatic heterocycles. The Morgan fingerprint density at radius 2 is 1.91 bits per heavy atom. The molecule has 3 aliphatic rings. The van der Waals surface area contributed by atoms with Crippen LogP contribution in [-0.2, 0) is 9.59 Å². The summed E-state index contributed by atoms with van der Waals surface area (Å²) in [5, 5.41) is 10.9. The fourth-order valence-electron chi connectivity index (χ4n) is 5.09. The number of benzene rings is 1. The Bertz CT molecular complexity index is 840. The summed E-state index contributed by atoms with van der Waals surface area (Å²) in [6, 6.07) is 8.02. The number of aromatic nitrogens is 1. The van der Waals surface area contributed by atoms with Gasteiger partial charge in [-0.3, -0.25) is 14.5 Å². The first-order chi connectivity index (χ1) is 11.2. The Balaban J connectivity index is 1.87. The van der Waals surface area contributed by atoms with Crippen LogP contribution in [0.15, 0.2) is 24.3 Å². The molecule has 118 valence electrons. The molecule has 5 atom stereocenters. The van der Waals surface area contributed by atoms with Crippen LogP contribution in [0.25, 0.3) is 10.9 Å². The molecule has 2 fully saturated rings. The number of nitrogens with one attached hydrogen (secondary N) is 1. The van der Waals surface area contributed by atoms with E-state index < -0.39 is 17.8 Å². The summed E-state index contributed by atoms with van der Waals surface area (Å²) >= 11 is 0. The number of para-hydroxylation sites is 1. The normalized spacial score (nSPS) is 35.1. The average Bonchev–Trinajstić information content (AvgIpc) is 3.02. The summed E-state index contributed by atoms with van der Waals surface area (Å²) in [5.41, 5.74) is 2.80. The van der Waals surface area contributed by atoms with E-state index in [1.807, 2.05) is 24.3 Å². The van der Waals surface area contributed by atoms with Crippen molar-refractivity contribution in [3.8, 4) is 0 Å². The first kappa shape index (κ1) is 13.3. The molecule has 2 aliphatic heterocycles. The Morgan fingerprint density at radius 3 is 2.70 bits per heavy atom. The number of carboxylic acid groups (broad SMARTS) is 1. The van der Waals surface area contributed by atoms with Gasteiger partial charge in [0.15, 0.2) is 0 Å². The van der Waals surface area contributed by atoms with Crippen molar-refractivity contribution in [1.29, 1.82) is 0 Å². The van der Waals surface area contributed by atoms with Gasteiger partial charge in [0.1, 0.15) is 11.7 Å². The smallest absolute Gasteiger partial charge is 0.313 e. The van der Waals surface area contributed by atoms with Gasteiger partial charge in [-0.05, 0) is 37.6 Å². The number of ketones is 1. The zero-order chi connectivity index (χ0) is 15.7. The molecule has 5 heteroatoms. The van der Waals surface area contributed by atoms with E-state index in [9.17, 15) is 14.7 Å². The minimum absolute atomic E-state index is 0.0444. The number of carbonyl (C=O) groups excluding carboxylic acids is 1. The number of aliphatic carboxylic acids is 1. The van der Waals surface area contributed by atoms with Gasteiger partial charge < -0.3 is 10.1 Å². The van der Waals surface area contributed by atoms with Crippen LogP contribution in [0.2, 0.25) is 0 Å². The highest BCUT2D eigenvalue weighted by atomic mass is 16.4. The van der Waals surface area contributed by atoms with Crippen molar-refractivity contribution in [2.75, 3.05) is 13.1 Å². The highest BCUT2D eigenvalue weighted by Crippen LogP contribution is 2.52. The van der Waals surface area contributed by atoms with Gasteiger partial charge in [0.25, 0.3) is 0 Å². The van der Waals surface area contributed by atoms with E-state index in [1.165, 1.54) is 0 Å². The molecule has 0 spiro atoms. The van der Waals surface area contributed by atoms with Crippen molar-refractivity contribution in [2.24, 2.45) is 11.8 Å². The molecule has 5 rings (SSSR count). The fourth-order valence-corrected chi connectivity index (χ4v) is 5.09. The Kier molecular flexibility index (Phi) is 2.57. The summed E-state index contributed by atoms with van der Waals surface area (Å²) in [6.45, 7) is 1.75. The monoisotopic (exact) mass is 310 g/mol. The summed E-state index contributed by atoms with van der Waals surface area (Å²) in [5.74, 6) is -1.91. The third kappa shape index (κ3) is 1.60. The zero-order valence-corrected chi connectivity index (χ0v) is 12.7. The van der Waals surface area contributed by atoms with Crippen LogP contribution in [-0.4, -0.2) is 39.8 Å². The number of carboxylic acids is 1. The Labute approximate surface area is 133 Å². The van der Waals surface area contributed by atoms with Crippen LogP contribution in [0.5, 0.6) is 0 Å². The minimum atomic E-state index is -0.885. The second-order valence-electron chi connectivity index (χ2n) is 6.99. The average molecular weight is 310 g/mol. The molecule has 2 saturated heterocycles. The predicted octanol–water partition coefficient (Wildman–Crippen LogP) is 2.30. The second kappa shape index (κ2) is 4.45. The number of rotatable bonds is 1. The van der Waals surface area contributed by atoms with Crippen molar-refractivity contribution in [1.82, 2.24) is 9.88 Å². The molecule has 2 aromatic rings. The van der Waals surface area contributed by atoms with Gasteiger partial charge >= 0.3 is 5.97 Å². The number of carbonyl (C=O) groups is 2. The molecule has 23 heavy (non-hydrogen) atoms. The number of hydrogen-bond acceptors (Lipinski definition) is 3. The maximum atomic E-state index is 13.0. The van der Waals surface area contributed by atoms with Crippen LogP contribution < -0.4 is 0 Å². The van der Waals surface area contributed by atoms with Gasteiger partial charge in [0.2, 0.25) is 0 Å². The maximum Gasteiger partial charge on any atom is 0.313 e. The number of hydrogen-bond donors (Lipinski definition) is 2. The molecule has 0 amide bonds. The van der Waals surface area contributed by atoms with Crippen molar-refractivity contribution in [3.05, 3.63) is 35.5 Å². The van der Waals surface area contributed by atoms with E-state index in [2.05, 4.69) is 9.88 Å². The van der Waals surface area contributed by atoms with Crippen LogP contribution >= 0.6 is 0 Å². The van der Waals surface area contributed by atoms with Crippen molar-refractivity contribution < 1.29 is 14.7 Å². The molecule has 1 aromatic carbocycles. The molecule has 2 N–H and O–H groups in total. The maximum absolute atomic E-state index is 13.0. The lowest BCUT2D eigenvalue weighted by atomic mass is 9.81. The summed E-state index contributed by atoms with van der Waals surface area (Å²) in [7, 11) is 0. The lowest BCUT2D eigenvalue weighted by molar-refractivity contribution is -0.143. The predicted molar refractivity (Wildman–Crippen MR) is 84.2 cm³/mol. The van der Waals surface area contributed by atoms with Crippen molar-refractivity contribution in [2.45, 2.75) is 24.8 Å². The number of fused-ring (bicyclic) bond motifs is 4. The highest BCUT2D eigenvalue weighted by molar-refractivity contribution is 5.96. The zero-order valence-electron chi connectivity index (χ0n) is 12.7. The van der Waals surface area contributed by atoms with Crippen molar-refractivity contribution >= 4 is 22.7 Å². The van der Waals surface area contributed by atoms with Crippen molar-refractivity contribution in [3.63, 3.8) is 0 Å². The molecule has 3 heterocycles. The number of Topliss-reactive ketones (excluding diaryl/α,β-unsaturated/α-hetero) is 1. The van der Waals surface area contributed by atoms with Gasteiger partial charge in [0, 0.05) is 34.5 Å². The summed E-state index contributed by atoms with van der Waals surface area (Å²) < 4.78 is 0. The van der Waals surface area contributed by atoms with Crippen LogP contribution in [0.4, 0.5) is 0 Å². The van der Waals surface area contributed by atoms with E-state index >= 15 is 0 Å². The molecule has 4 bridgehead atoms. The number of H-pyrrole nitrogens is 1. The molecule has 1 aliphatic carbocycles. The fraction of sp³-hybridized carbons (Fsp3) is 0.444. The summed E-state index contributed by atoms with van der Waals surface area (Å²) in [4.78, 5) is 30.7. The van der Waals surface area contributed by atoms with Crippen LogP contribution in [0.3, 0.4) is 0 Å². The van der Waals surface area contributed by atoms with Gasteiger partial charge in [-0.15, -0.1) is 0 Å². The van der Waals surface area contributed by atoms with Gasteiger partial charge in [-0.1, -0.05) is 18.2 Å². The molecular formula is C18H18N2O3. The van der Waals surface area contributed by atoms with Gasteiger partial charge in [-0.2, -0.15) is 0 Å². The van der Waals surface area contributed by atoms with E-state index in [0.29, 0.717) is 6.42 Å². The third-order valence-electron chi connectivity index (χ3n) is 6.01. The van der Waals surface area contributed by atoms with Gasteiger partial charge in [0.05, 0.1) is 0 Å². The second-order valence-corrected chi connectivity index (χ2v) is 6.99. The lowest BCUT2D eigenvalue weighted by Gasteiger charge is -2.29. The first-order valence-electron chi connectivity index (χ1n) is 8.28. The first-order valence-corrected chi connectivity index (χ1v) is 8.28. The summed E-state index contributed by atoms with van der Waals surface area (Å²) in [6.07, 6.45) is 1.50. The standard InChI is InChI=1S/C18H18N2O3/c21-17-10-5-7-20-8-6-11(17)16(20)13-9-3-1-2-4-12(9)19-15(13)14(10)18(22)23/h1-4,10-11,14,16,19H,5-8H2,(H,22,23)/t10-,11+,14+,16-/m1/s1. The minimum Gasteiger partial charge on any atom is -0.481 e. The van der Waals surface area contributed by atoms with Crippen LogP contribution in [0.1, 0.15) is 36.1 Å². The molecule has 0 saturated carbocycles. The SMILES string of the molecule is O=C(O)[C@@H]1c2[nH]c3ccccc3c2[C@H]2[C@@H]3CCN2CC[C@H]1C3=O. The largest absolute Gasteiger partial charge is 0.481 e. The van der Waals surface area contributed by atoms with E-state index in [1.54, 1.807) is 0 Å². The van der Waals surface area contributed by atoms with Crippen LogP contribution in [0, 0.1) is 11.8 Å². The molecule has 1 unspecified atom stereocenters. The quantitative estimate of drug-likeness (QED) is 0.847. The topological polar surface area (TPSA) is 73.4 Å². The molecular weight excluding hydrogens is 292 g/mol. The third-order valence-corrected chi connectivity index (χ3v) is 6.01. The Morgan fingerprint density at radius 1 is 1.17 bits per heavy atom. The Hall–Kier alpha value is -2.14. The van der Waals surface area contributed by atoms with E-state index in [-0.39, 0.29) is 17.7 Å². The van der Waals surface area contributed by atoms with Gasteiger partial charge in [-0.25, -0.2) is 0 Å². The molecule has 0 radical (unpaired) electrons. The highest BCUT2D eigenvalue weighted by Gasteiger charge is 2.53. The number of nitrogens with zero attached hydrogens (tertiary/aromatic N) is 1. The lowest BCUT2D eigenvalue weighted by Crippen LogP contribution is -2.33. The number of aromatic amines is 1. The van der Waals surface area contributed by atoms with E-state index in [4.69, 9.17) is 0 Å².